The van der Waals surface area contributed by atoms with E-state index < -0.39 is 10.0 Å². The zero-order valence-corrected chi connectivity index (χ0v) is 17.2. The highest BCUT2D eigenvalue weighted by atomic mass is 32.2. The molecule has 0 unspecified atom stereocenters. The van der Waals surface area contributed by atoms with Crippen LogP contribution in [0.1, 0.15) is 0 Å². The normalized spacial score (nSPS) is 11.3. The Labute approximate surface area is 174 Å². The monoisotopic (exact) mass is 421 g/mol. The van der Waals surface area contributed by atoms with Crippen LogP contribution in [0.5, 0.6) is 5.75 Å². The van der Waals surface area contributed by atoms with Gasteiger partial charge in [0, 0.05) is 30.3 Å². The van der Waals surface area contributed by atoms with Gasteiger partial charge in [0.15, 0.2) is 5.03 Å². The Morgan fingerprint density at radius 1 is 0.900 bits per heavy atom. The number of sulfonamides is 1. The minimum absolute atomic E-state index is 0.0333. The van der Waals surface area contributed by atoms with Gasteiger partial charge in [-0.3, -0.25) is 9.40 Å². The van der Waals surface area contributed by atoms with Gasteiger partial charge in [-0.15, -0.1) is 0 Å². The lowest BCUT2D eigenvalue weighted by Gasteiger charge is -2.08. The van der Waals surface area contributed by atoms with Crippen LogP contribution in [0.3, 0.4) is 0 Å². The molecule has 4 aromatic rings. The van der Waals surface area contributed by atoms with Crippen molar-refractivity contribution < 1.29 is 13.2 Å². The second-order valence-corrected chi connectivity index (χ2v) is 8.11. The second kappa shape index (κ2) is 7.96. The van der Waals surface area contributed by atoms with Crippen LogP contribution < -0.4 is 9.46 Å². The first-order chi connectivity index (χ1) is 14.5. The third-order valence-electron chi connectivity index (χ3n) is 4.47. The van der Waals surface area contributed by atoms with Crippen molar-refractivity contribution in [3.63, 3.8) is 0 Å². The molecule has 0 amide bonds. The largest absolute Gasteiger partial charge is 0.497 e. The summed E-state index contributed by atoms with van der Waals surface area (Å²) in [5, 5.41) is 4.36. The van der Waals surface area contributed by atoms with Crippen molar-refractivity contribution in [2.75, 3.05) is 11.8 Å². The minimum Gasteiger partial charge on any atom is -0.497 e. The maximum Gasteiger partial charge on any atom is 0.280 e. The van der Waals surface area contributed by atoms with E-state index in [4.69, 9.17) is 4.74 Å². The van der Waals surface area contributed by atoms with Gasteiger partial charge in [-0.05, 0) is 24.3 Å². The summed E-state index contributed by atoms with van der Waals surface area (Å²) in [4.78, 5) is 8.27. The molecular formula is C21H19N5O3S. The molecule has 9 heteroatoms. The van der Waals surface area contributed by atoms with E-state index in [0.29, 0.717) is 11.4 Å². The average Bonchev–Trinajstić information content (AvgIpc) is 3.17. The number of methoxy groups -OCH3 is 1. The fourth-order valence-corrected chi connectivity index (χ4v) is 4.12. The van der Waals surface area contributed by atoms with Crippen LogP contribution in [0, 0.1) is 0 Å². The highest BCUT2D eigenvalue weighted by Crippen LogP contribution is 2.25. The zero-order valence-electron chi connectivity index (χ0n) is 16.4. The maximum atomic E-state index is 12.9. The van der Waals surface area contributed by atoms with E-state index in [1.54, 1.807) is 20.2 Å². The van der Waals surface area contributed by atoms with Crippen LogP contribution in [-0.4, -0.2) is 35.3 Å². The molecule has 0 atom stereocenters. The first kappa shape index (κ1) is 19.6. The molecule has 1 N–H and O–H groups in total. The van der Waals surface area contributed by atoms with Crippen LogP contribution in [0.2, 0.25) is 0 Å². The highest BCUT2D eigenvalue weighted by Gasteiger charge is 2.21. The van der Waals surface area contributed by atoms with Crippen LogP contribution in [-0.2, 0) is 17.1 Å². The highest BCUT2D eigenvalue weighted by molar-refractivity contribution is 7.92. The van der Waals surface area contributed by atoms with Crippen molar-refractivity contribution in [1.82, 2.24) is 19.7 Å². The maximum absolute atomic E-state index is 12.9. The smallest absolute Gasteiger partial charge is 0.280 e. The number of anilines is 1. The van der Waals surface area contributed by atoms with E-state index in [1.165, 1.54) is 17.1 Å². The molecule has 0 bridgehead atoms. The number of nitrogens with zero attached hydrogens (tertiary/aromatic N) is 4. The van der Waals surface area contributed by atoms with Gasteiger partial charge < -0.3 is 4.74 Å². The summed E-state index contributed by atoms with van der Waals surface area (Å²) in [5.74, 6) is 0.887. The number of aromatic nitrogens is 4. The van der Waals surface area contributed by atoms with E-state index in [9.17, 15) is 8.42 Å². The van der Waals surface area contributed by atoms with Crippen molar-refractivity contribution in [2.45, 2.75) is 5.03 Å². The fourth-order valence-electron chi connectivity index (χ4n) is 2.97. The number of ether oxygens (including phenoxy) is 1. The first-order valence-electron chi connectivity index (χ1n) is 9.05. The molecule has 0 radical (unpaired) electrons. The third-order valence-corrected chi connectivity index (χ3v) is 5.88. The molecule has 152 valence electrons. The Morgan fingerprint density at radius 3 is 2.30 bits per heavy atom. The zero-order chi connectivity index (χ0) is 21.1. The van der Waals surface area contributed by atoms with E-state index in [2.05, 4.69) is 19.8 Å². The molecule has 30 heavy (non-hydrogen) atoms. The van der Waals surface area contributed by atoms with E-state index in [1.807, 2.05) is 54.6 Å². The fraction of sp³-hybridized carbons (Fsp3) is 0.0952. The predicted molar refractivity (Wildman–Crippen MR) is 113 cm³/mol. The predicted octanol–water partition coefficient (Wildman–Crippen LogP) is 3.35. The van der Waals surface area contributed by atoms with Crippen LogP contribution in [0.4, 0.5) is 5.82 Å². The molecule has 0 aliphatic carbocycles. The summed E-state index contributed by atoms with van der Waals surface area (Å²) >= 11 is 0. The average molecular weight is 421 g/mol. The van der Waals surface area contributed by atoms with Gasteiger partial charge in [0.05, 0.1) is 18.5 Å². The Kier molecular flexibility index (Phi) is 5.20. The number of aryl methyl sites for hydroxylation is 1. The number of rotatable bonds is 6. The number of nitrogens with one attached hydrogen (secondary N) is 1. The summed E-state index contributed by atoms with van der Waals surface area (Å²) in [5.41, 5.74) is 2.80. The van der Waals surface area contributed by atoms with E-state index >= 15 is 0 Å². The summed E-state index contributed by atoms with van der Waals surface area (Å²) in [6.07, 6.45) is 1.32. The summed E-state index contributed by atoms with van der Waals surface area (Å²) in [6.45, 7) is 0. The molecule has 0 saturated carbocycles. The molecular weight excluding hydrogens is 402 g/mol. The topological polar surface area (TPSA) is 99.0 Å². The molecule has 0 saturated heterocycles. The van der Waals surface area contributed by atoms with Crippen molar-refractivity contribution >= 4 is 15.8 Å². The molecule has 0 fully saturated rings. The van der Waals surface area contributed by atoms with Gasteiger partial charge in [-0.25, -0.2) is 9.97 Å². The minimum atomic E-state index is -3.90. The lowest BCUT2D eigenvalue weighted by atomic mass is 10.1. The molecule has 2 aromatic carbocycles. The van der Waals surface area contributed by atoms with Gasteiger partial charge >= 0.3 is 0 Å². The quantitative estimate of drug-likeness (QED) is 0.513. The number of hydrogen-bond acceptors (Lipinski definition) is 6. The van der Waals surface area contributed by atoms with Crippen molar-refractivity contribution in [2.24, 2.45) is 7.05 Å². The number of hydrogen-bond donors (Lipinski definition) is 1. The standard InChI is InChI=1S/C21H19N5O3S/c1-26-21(13-19(24-26)15-6-4-3-5-7-15)30(27,28)25-20-12-18(22-14-23-20)16-8-10-17(29-2)11-9-16/h3-14H,1-2H3,(H,22,23,25). The number of benzene rings is 2. The summed E-state index contributed by atoms with van der Waals surface area (Å²) in [6, 6.07) is 19.8. The molecule has 2 heterocycles. The van der Waals surface area contributed by atoms with E-state index in [-0.39, 0.29) is 10.8 Å². The molecule has 0 spiro atoms. The Hall–Kier alpha value is -3.72. The first-order valence-corrected chi connectivity index (χ1v) is 10.5. The van der Waals surface area contributed by atoms with Crippen LogP contribution in [0.15, 0.2) is 78.1 Å². The van der Waals surface area contributed by atoms with Gasteiger partial charge in [-0.2, -0.15) is 13.5 Å². The van der Waals surface area contributed by atoms with Crippen LogP contribution in [0.25, 0.3) is 22.5 Å². The van der Waals surface area contributed by atoms with Gasteiger partial charge in [0.2, 0.25) is 0 Å². The van der Waals surface area contributed by atoms with Crippen molar-refractivity contribution in [1.29, 1.82) is 0 Å². The Balaban J connectivity index is 1.62. The van der Waals surface area contributed by atoms with E-state index in [0.717, 1.165) is 16.9 Å². The molecule has 8 nitrogen and oxygen atoms in total. The Bertz CT molecular complexity index is 1270. The lowest BCUT2D eigenvalue weighted by Crippen LogP contribution is -2.17. The summed E-state index contributed by atoms with van der Waals surface area (Å²) < 4.78 is 34.9. The van der Waals surface area contributed by atoms with Crippen molar-refractivity contribution in [3.05, 3.63) is 73.1 Å². The molecule has 4 rings (SSSR count). The van der Waals surface area contributed by atoms with Crippen LogP contribution >= 0.6 is 0 Å². The lowest BCUT2D eigenvalue weighted by molar-refractivity contribution is 0.415. The molecule has 0 aliphatic rings. The SMILES string of the molecule is COc1ccc(-c2cc(NS(=O)(=O)c3cc(-c4ccccc4)nn3C)ncn2)cc1. The molecule has 2 aromatic heterocycles. The van der Waals surface area contributed by atoms with Gasteiger partial charge in [0.25, 0.3) is 10.0 Å². The summed E-state index contributed by atoms with van der Waals surface area (Å²) in [7, 11) is -0.722. The van der Waals surface area contributed by atoms with Gasteiger partial charge in [-0.1, -0.05) is 30.3 Å². The molecule has 0 aliphatic heterocycles. The van der Waals surface area contributed by atoms with Gasteiger partial charge in [0.1, 0.15) is 17.9 Å². The van der Waals surface area contributed by atoms with Crippen molar-refractivity contribution in [3.8, 4) is 28.3 Å². The second-order valence-electron chi connectivity index (χ2n) is 6.48. The third kappa shape index (κ3) is 4.01. The Morgan fingerprint density at radius 2 is 1.60 bits per heavy atom.